The number of amidine groups is 1. The third kappa shape index (κ3) is 2.92. The van der Waals surface area contributed by atoms with Crippen LogP contribution >= 0.6 is 0 Å². The van der Waals surface area contributed by atoms with E-state index in [1.165, 1.54) is 23.1 Å². The predicted octanol–water partition coefficient (Wildman–Crippen LogP) is 0.645. The molecule has 6 nitrogen and oxygen atoms in total. The summed E-state index contributed by atoms with van der Waals surface area (Å²) in [4.78, 5) is 28.1. The maximum absolute atomic E-state index is 12.0. The van der Waals surface area contributed by atoms with E-state index in [0.717, 1.165) is 11.6 Å². The molecule has 0 spiro atoms. The second kappa shape index (κ2) is 5.40. The number of hydrogen-bond acceptors (Lipinski definition) is 4. The molecule has 3 N–H and O–H groups in total. The fourth-order valence-electron chi connectivity index (χ4n) is 1.65. The topological polar surface area (TPSA) is 96.0 Å². The van der Waals surface area contributed by atoms with Gasteiger partial charge in [0.15, 0.2) is 0 Å². The summed E-state index contributed by atoms with van der Waals surface area (Å²) < 4.78 is 0. The van der Waals surface area contributed by atoms with Crippen molar-refractivity contribution in [1.29, 1.82) is 0 Å². The molecular weight excluding hydrogens is 258 g/mol. The first-order valence-electron chi connectivity index (χ1n) is 5.82. The first kappa shape index (κ1) is 13.5. The van der Waals surface area contributed by atoms with Crippen molar-refractivity contribution in [3.8, 4) is 5.75 Å². The lowest BCUT2D eigenvalue weighted by molar-refractivity contribution is -0.121. The first-order chi connectivity index (χ1) is 9.47. The lowest BCUT2D eigenvalue weighted by atomic mass is 10.2. The Morgan fingerprint density at radius 2 is 2.00 bits per heavy atom. The first-order valence-corrected chi connectivity index (χ1v) is 5.82. The molecule has 0 saturated carbocycles. The third-order valence-electron chi connectivity index (χ3n) is 2.70. The van der Waals surface area contributed by atoms with E-state index in [-0.39, 0.29) is 17.4 Å². The van der Waals surface area contributed by atoms with Crippen LogP contribution in [0.1, 0.15) is 5.56 Å². The Hall–Kier alpha value is -2.89. The molecule has 1 heterocycles. The van der Waals surface area contributed by atoms with E-state index < -0.39 is 5.91 Å². The maximum Gasteiger partial charge on any atom is 0.277 e. The van der Waals surface area contributed by atoms with Crippen molar-refractivity contribution in [2.45, 2.75) is 0 Å². The monoisotopic (exact) mass is 271 g/mol. The van der Waals surface area contributed by atoms with Gasteiger partial charge in [-0.15, -0.1) is 0 Å². The summed E-state index contributed by atoms with van der Waals surface area (Å²) in [5.41, 5.74) is 5.99. The third-order valence-corrected chi connectivity index (χ3v) is 2.70. The Labute approximate surface area is 115 Å². The van der Waals surface area contributed by atoms with Gasteiger partial charge >= 0.3 is 0 Å². The molecule has 0 saturated heterocycles. The van der Waals surface area contributed by atoms with Crippen molar-refractivity contribution in [3.05, 3.63) is 47.7 Å². The molecule has 1 aromatic carbocycles. The second-order valence-electron chi connectivity index (χ2n) is 4.19. The van der Waals surface area contributed by atoms with Crippen LogP contribution < -0.4 is 5.73 Å². The number of carbonyl (C=O) groups is 2. The van der Waals surface area contributed by atoms with Crippen molar-refractivity contribution in [2.75, 3.05) is 7.05 Å². The van der Waals surface area contributed by atoms with E-state index in [4.69, 9.17) is 5.73 Å². The molecule has 0 atom stereocenters. The van der Waals surface area contributed by atoms with Gasteiger partial charge in [-0.2, -0.15) is 0 Å². The van der Waals surface area contributed by atoms with E-state index in [9.17, 15) is 14.7 Å². The zero-order valence-corrected chi connectivity index (χ0v) is 10.8. The number of hydrogen-bond donors (Lipinski definition) is 2. The standard InChI is InChI=1S/C14H13N3O3/c1-17-13(7-6-12(15)19)16-11(14(17)20)8-9-2-4-10(18)5-3-9/h2-8,18H,1H3,(H2,15,19). The van der Waals surface area contributed by atoms with Crippen LogP contribution in [-0.2, 0) is 9.59 Å². The van der Waals surface area contributed by atoms with Gasteiger partial charge in [0.2, 0.25) is 5.91 Å². The van der Waals surface area contributed by atoms with Crippen LogP contribution in [0.4, 0.5) is 0 Å². The molecule has 2 amide bonds. The number of aliphatic imine (C=N–C) groups is 1. The number of benzene rings is 1. The predicted molar refractivity (Wildman–Crippen MR) is 74.6 cm³/mol. The summed E-state index contributed by atoms with van der Waals surface area (Å²) in [5.74, 6) is -0.388. The Balaban J connectivity index is 2.30. The van der Waals surface area contributed by atoms with Crippen LogP contribution in [0.3, 0.4) is 0 Å². The minimum atomic E-state index is -0.607. The Bertz CT molecular complexity index is 642. The van der Waals surface area contributed by atoms with E-state index >= 15 is 0 Å². The SMILES string of the molecule is CN1C(=O)C(=Cc2ccc(O)cc2)N=C1C=CC(N)=O. The molecular formula is C14H13N3O3. The molecule has 1 aromatic rings. The molecule has 0 unspecified atom stereocenters. The highest BCUT2D eigenvalue weighted by atomic mass is 16.3. The normalized spacial score (nSPS) is 17.1. The number of primary amides is 1. The number of aromatic hydroxyl groups is 1. The van der Waals surface area contributed by atoms with Crippen molar-refractivity contribution >= 4 is 23.7 Å². The number of likely N-dealkylation sites (N-methyl/N-ethyl adjacent to an activating group) is 1. The van der Waals surface area contributed by atoms with Crippen molar-refractivity contribution < 1.29 is 14.7 Å². The summed E-state index contributed by atoms with van der Waals surface area (Å²) in [6.07, 6.45) is 4.13. The number of amides is 2. The highest BCUT2D eigenvalue weighted by Gasteiger charge is 2.25. The highest BCUT2D eigenvalue weighted by molar-refractivity contribution is 6.18. The average molecular weight is 271 g/mol. The molecule has 0 radical (unpaired) electrons. The molecule has 2 rings (SSSR count). The van der Waals surface area contributed by atoms with E-state index in [1.54, 1.807) is 25.3 Å². The zero-order chi connectivity index (χ0) is 14.7. The van der Waals surface area contributed by atoms with E-state index in [0.29, 0.717) is 5.84 Å². The zero-order valence-electron chi connectivity index (χ0n) is 10.8. The Morgan fingerprint density at radius 3 is 2.60 bits per heavy atom. The number of rotatable bonds is 3. The van der Waals surface area contributed by atoms with Crippen LogP contribution in [0.15, 0.2) is 47.1 Å². The molecule has 20 heavy (non-hydrogen) atoms. The van der Waals surface area contributed by atoms with Gasteiger partial charge in [-0.05, 0) is 29.8 Å². The smallest absolute Gasteiger partial charge is 0.277 e. The number of nitrogens with zero attached hydrogens (tertiary/aromatic N) is 2. The van der Waals surface area contributed by atoms with Gasteiger partial charge in [0.25, 0.3) is 5.91 Å². The van der Waals surface area contributed by atoms with Gasteiger partial charge in [0.1, 0.15) is 17.3 Å². The van der Waals surface area contributed by atoms with Gasteiger partial charge in [-0.3, -0.25) is 14.5 Å². The van der Waals surface area contributed by atoms with Crippen molar-refractivity contribution in [3.63, 3.8) is 0 Å². The van der Waals surface area contributed by atoms with Crippen LogP contribution in [0.25, 0.3) is 6.08 Å². The highest BCUT2D eigenvalue weighted by Crippen LogP contribution is 2.19. The van der Waals surface area contributed by atoms with Gasteiger partial charge in [-0.25, -0.2) is 4.99 Å². The molecule has 0 aromatic heterocycles. The quantitative estimate of drug-likeness (QED) is 0.790. The second-order valence-corrected chi connectivity index (χ2v) is 4.19. The van der Waals surface area contributed by atoms with Crippen LogP contribution in [0.2, 0.25) is 0 Å². The average Bonchev–Trinajstić information content (AvgIpc) is 2.67. The van der Waals surface area contributed by atoms with Gasteiger partial charge in [0.05, 0.1) is 0 Å². The van der Waals surface area contributed by atoms with Crippen LogP contribution in [0.5, 0.6) is 5.75 Å². The van der Waals surface area contributed by atoms with Crippen LogP contribution in [-0.4, -0.2) is 34.7 Å². The molecule has 1 aliphatic rings. The molecule has 1 aliphatic heterocycles. The number of phenols is 1. The molecule has 0 fully saturated rings. The van der Waals surface area contributed by atoms with Crippen LogP contribution in [0, 0.1) is 0 Å². The number of phenolic OH excluding ortho intramolecular Hbond substituents is 1. The van der Waals surface area contributed by atoms with Crippen molar-refractivity contribution in [1.82, 2.24) is 4.90 Å². The summed E-state index contributed by atoms with van der Waals surface area (Å²) >= 11 is 0. The summed E-state index contributed by atoms with van der Waals surface area (Å²) in [5, 5.41) is 9.20. The minimum absolute atomic E-state index is 0.149. The minimum Gasteiger partial charge on any atom is -0.508 e. The van der Waals surface area contributed by atoms with Gasteiger partial charge < -0.3 is 10.8 Å². The lowest BCUT2D eigenvalue weighted by Gasteiger charge is -2.07. The van der Waals surface area contributed by atoms with Gasteiger partial charge in [-0.1, -0.05) is 12.1 Å². The maximum atomic E-state index is 12.0. The van der Waals surface area contributed by atoms with Crippen molar-refractivity contribution in [2.24, 2.45) is 10.7 Å². The number of carbonyl (C=O) groups excluding carboxylic acids is 2. The Kier molecular flexibility index (Phi) is 3.65. The number of nitrogens with two attached hydrogens (primary N) is 1. The van der Waals surface area contributed by atoms with E-state index in [2.05, 4.69) is 4.99 Å². The molecule has 102 valence electrons. The van der Waals surface area contributed by atoms with E-state index in [1.807, 2.05) is 0 Å². The molecule has 0 aliphatic carbocycles. The summed E-state index contributed by atoms with van der Waals surface area (Å²) in [6, 6.07) is 6.38. The fourth-order valence-corrected chi connectivity index (χ4v) is 1.65. The Morgan fingerprint density at radius 1 is 1.35 bits per heavy atom. The van der Waals surface area contributed by atoms with Gasteiger partial charge in [0, 0.05) is 13.1 Å². The summed E-state index contributed by atoms with van der Waals surface area (Å²) in [6.45, 7) is 0. The molecule has 0 bridgehead atoms. The lowest BCUT2D eigenvalue weighted by Crippen LogP contribution is -2.26. The fraction of sp³-hybridized carbons (Fsp3) is 0.0714. The molecule has 6 heteroatoms. The summed E-state index contributed by atoms with van der Waals surface area (Å²) in [7, 11) is 1.56. The largest absolute Gasteiger partial charge is 0.508 e.